The summed E-state index contributed by atoms with van der Waals surface area (Å²) in [6.45, 7) is 8.44. The van der Waals surface area contributed by atoms with Gasteiger partial charge in [0.25, 0.3) is 0 Å². The minimum Gasteiger partial charge on any atom is -0.477 e. The van der Waals surface area contributed by atoms with Gasteiger partial charge in [0.15, 0.2) is 0 Å². The van der Waals surface area contributed by atoms with Crippen LogP contribution in [0.4, 0.5) is 5.95 Å². The van der Waals surface area contributed by atoms with Crippen molar-refractivity contribution in [2.24, 2.45) is 5.41 Å². The zero-order valence-electron chi connectivity index (χ0n) is 11.6. The highest BCUT2D eigenvalue weighted by Gasteiger charge is 2.63. The second-order valence-electron chi connectivity index (χ2n) is 5.70. The molecule has 0 aromatic carbocycles. The van der Waals surface area contributed by atoms with Gasteiger partial charge in [-0.3, -0.25) is 0 Å². The van der Waals surface area contributed by atoms with Gasteiger partial charge in [-0.25, -0.2) is 4.98 Å². The Morgan fingerprint density at radius 3 is 2.58 bits per heavy atom. The third kappa shape index (κ3) is 3.42. The van der Waals surface area contributed by atoms with Gasteiger partial charge in [0.1, 0.15) is 4.33 Å². The first-order valence-electron chi connectivity index (χ1n) is 6.35. The Balaban J connectivity index is 2.02. The first-order valence-corrected chi connectivity index (χ1v) is 7.10. The van der Waals surface area contributed by atoms with Crippen LogP contribution >= 0.6 is 23.2 Å². The maximum Gasteiger partial charge on any atom is 0.226 e. The monoisotopic (exact) mass is 303 g/mol. The summed E-state index contributed by atoms with van der Waals surface area (Å²) < 4.78 is 5.04. The van der Waals surface area contributed by atoms with E-state index in [2.05, 4.69) is 15.3 Å². The molecule has 1 aliphatic rings. The molecule has 1 N–H and O–H groups in total. The zero-order valence-corrected chi connectivity index (χ0v) is 13.1. The lowest BCUT2D eigenvalue weighted by molar-refractivity contribution is 0.236. The smallest absolute Gasteiger partial charge is 0.226 e. The van der Waals surface area contributed by atoms with Gasteiger partial charge in [-0.1, -0.05) is 6.92 Å². The van der Waals surface area contributed by atoms with E-state index in [1.165, 1.54) is 0 Å². The van der Waals surface area contributed by atoms with E-state index in [1.54, 1.807) is 6.07 Å². The maximum atomic E-state index is 6.09. The molecule has 1 saturated carbocycles. The second kappa shape index (κ2) is 4.98. The van der Waals surface area contributed by atoms with Crippen LogP contribution in [-0.4, -0.2) is 27.0 Å². The Labute approximate surface area is 123 Å². The van der Waals surface area contributed by atoms with Gasteiger partial charge in [-0.15, -0.1) is 23.2 Å². The zero-order chi connectivity index (χ0) is 14.3. The van der Waals surface area contributed by atoms with E-state index in [1.807, 2.05) is 27.7 Å². The molecular formula is C13H19Cl2N3O. The molecule has 19 heavy (non-hydrogen) atoms. The van der Waals surface area contributed by atoms with Crippen LogP contribution in [0.1, 0.15) is 32.9 Å². The molecule has 1 heterocycles. The van der Waals surface area contributed by atoms with Gasteiger partial charge in [-0.05, 0) is 27.2 Å². The Kier molecular flexibility index (Phi) is 3.85. The van der Waals surface area contributed by atoms with Gasteiger partial charge in [0.2, 0.25) is 11.8 Å². The molecular weight excluding hydrogens is 285 g/mol. The fraction of sp³-hybridized carbons (Fsp3) is 0.692. The van der Waals surface area contributed by atoms with Gasteiger partial charge in [0, 0.05) is 23.2 Å². The van der Waals surface area contributed by atoms with Crippen molar-refractivity contribution in [3.8, 4) is 5.88 Å². The summed E-state index contributed by atoms with van der Waals surface area (Å²) in [7, 11) is 0. The van der Waals surface area contributed by atoms with Crippen LogP contribution in [0.2, 0.25) is 0 Å². The van der Waals surface area contributed by atoms with E-state index in [9.17, 15) is 0 Å². The van der Waals surface area contributed by atoms with Crippen molar-refractivity contribution in [1.82, 2.24) is 9.97 Å². The van der Waals surface area contributed by atoms with E-state index in [0.717, 1.165) is 12.1 Å². The summed E-state index contributed by atoms with van der Waals surface area (Å²) in [5.41, 5.74) is 0.665. The Morgan fingerprint density at radius 1 is 1.42 bits per heavy atom. The predicted octanol–water partition coefficient (Wildman–Crippen LogP) is 3.57. The lowest BCUT2D eigenvalue weighted by atomic mass is 10.2. The standard InChI is InChI=1S/C13H19Cl2N3O/c1-8(2)16-11-17-9(3)5-10(18-11)19-7-12(4)6-13(12,14)15/h5,8H,6-7H2,1-4H3,(H,16,17,18). The minimum atomic E-state index is -0.673. The number of aromatic nitrogens is 2. The summed E-state index contributed by atoms with van der Waals surface area (Å²) in [4.78, 5) is 8.63. The van der Waals surface area contributed by atoms with Crippen LogP contribution in [0.5, 0.6) is 5.88 Å². The molecule has 6 heteroatoms. The van der Waals surface area contributed by atoms with Gasteiger partial charge < -0.3 is 10.1 Å². The molecule has 0 spiro atoms. The molecule has 0 radical (unpaired) electrons. The summed E-state index contributed by atoms with van der Waals surface area (Å²) >= 11 is 12.2. The Hall–Kier alpha value is -0.740. The third-order valence-corrected chi connectivity index (χ3v) is 4.34. The number of aryl methyl sites for hydroxylation is 1. The van der Waals surface area contributed by atoms with Gasteiger partial charge in [0.05, 0.1) is 6.61 Å². The number of halogens is 2. The summed E-state index contributed by atoms with van der Waals surface area (Å²) in [6.07, 6.45) is 0.740. The molecule has 1 fully saturated rings. The third-order valence-electron chi connectivity index (χ3n) is 3.16. The normalized spacial score (nSPS) is 24.4. The molecule has 0 bridgehead atoms. The number of alkyl halides is 2. The molecule has 0 aliphatic heterocycles. The number of nitrogens with one attached hydrogen (secondary N) is 1. The van der Waals surface area contributed by atoms with Crippen LogP contribution < -0.4 is 10.1 Å². The summed E-state index contributed by atoms with van der Waals surface area (Å²) in [5.74, 6) is 1.13. The molecule has 1 aliphatic carbocycles. The number of hydrogen-bond donors (Lipinski definition) is 1. The SMILES string of the molecule is Cc1cc(OCC2(C)CC2(Cl)Cl)nc(NC(C)C)n1. The molecule has 1 unspecified atom stereocenters. The molecule has 4 nitrogen and oxygen atoms in total. The highest BCUT2D eigenvalue weighted by atomic mass is 35.5. The molecule has 0 amide bonds. The highest BCUT2D eigenvalue weighted by molar-refractivity contribution is 6.51. The average molecular weight is 304 g/mol. The number of rotatable bonds is 5. The second-order valence-corrected chi connectivity index (χ2v) is 7.18. The predicted molar refractivity (Wildman–Crippen MR) is 78.2 cm³/mol. The molecule has 1 atom stereocenters. The number of ether oxygens (including phenoxy) is 1. The maximum absolute atomic E-state index is 6.09. The van der Waals surface area contributed by atoms with Gasteiger partial charge in [-0.2, -0.15) is 4.98 Å². The first kappa shape index (κ1) is 14.7. The summed E-state index contributed by atoms with van der Waals surface area (Å²) in [5, 5.41) is 3.16. The van der Waals surface area contributed by atoms with Crippen molar-refractivity contribution >= 4 is 29.2 Å². The molecule has 2 rings (SSSR count). The van der Waals surface area contributed by atoms with E-state index in [0.29, 0.717) is 18.4 Å². The Bertz CT molecular complexity index is 479. The lowest BCUT2D eigenvalue weighted by Gasteiger charge is -2.14. The van der Waals surface area contributed by atoms with Crippen LogP contribution in [0.3, 0.4) is 0 Å². The molecule has 1 aromatic heterocycles. The van der Waals surface area contributed by atoms with Crippen molar-refractivity contribution in [3.05, 3.63) is 11.8 Å². The van der Waals surface area contributed by atoms with E-state index >= 15 is 0 Å². The van der Waals surface area contributed by atoms with E-state index < -0.39 is 4.33 Å². The highest BCUT2D eigenvalue weighted by Crippen LogP contribution is 2.63. The topological polar surface area (TPSA) is 47.0 Å². The minimum absolute atomic E-state index is 0.194. The fourth-order valence-electron chi connectivity index (χ4n) is 1.77. The number of nitrogens with zero attached hydrogens (tertiary/aromatic N) is 2. The van der Waals surface area contributed by atoms with Crippen LogP contribution in [0.25, 0.3) is 0 Å². The fourth-order valence-corrected chi connectivity index (χ4v) is 2.47. The van der Waals surface area contributed by atoms with Crippen molar-refractivity contribution in [1.29, 1.82) is 0 Å². The van der Waals surface area contributed by atoms with Crippen molar-refractivity contribution in [2.75, 3.05) is 11.9 Å². The number of anilines is 1. The van der Waals surface area contributed by atoms with E-state index in [4.69, 9.17) is 27.9 Å². The van der Waals surface area contributed by atoms with Crippen molar-refractivity contribution in [3.63, 3.8) is 0 Å². The Morgan fingerprint density at radius 2 is 2.05 bits per heavy atom. The lowest BCUT2D eigenvalue weighted by Crippen LogP contribution is -2.17. The molecule has 106 valence electrons. The van der Waals surface area contributed by atoms with Crippen molar-refractivity contribution < 1.29 is 4.74 Å². The summed E-state index contributed by atoms with van der Waals surface area (Å²) in [6, 6.07) is 2.08. The largest absolute Gasteiger partial charge is 0.477 e. The van der Waals surface area contributed by atoms with E-state index in [-0.39, 0.29) is 11.5 Å². The first-order chi connectivity index (χ1) is 8.72. The molecule has 0 saturated heterocycles. The molecule has 1 aromatic rings. The average Bonchev–Trinajstić information content (AvgIpc) is 2.74. The van der Waals surface area contributed by atoms with Crippen molar-refractivity contribution in [2.45, 2.75) is 44.5 Å². The van der Waals surface area contributed by atoms with Crippen LogP contribution in [-0.2, 0) is 0 Å². The van der Waals surface area contributed by atoms with Gasteiger partial charge >= 0.3 is 0 Å². The van der Waals surface area contributed by atoms with Crippen LogP contribution in [0, 0.1) is 12.3 Å². The quantitative estimate of drug-likeness (QED) is 0.845. The van der Waals surface area contributed by atoms with Crippen LogP contribution in [0.15, 0.2) is 6.07 Å². The number of hydrogen-bond acceptors (Lipinski definition) is 4.